The Morgan fingerprint density at radius 1 is 1.00 bits per heavy atom. The monoisotopic (exact) mass is 314 g/mol. The summed E-state index contributed by atoms with van der Waals surface area (Å²) in [6, 6.07) is 15.9. The molecule has 23 heavy (non-hydrogen) atoms. The summed E-state index contributed by atoms with van der Waals surface area (Å²) in [5.41, 5.74) is 3.90. The van der Waals surface area contributed by atoms with E-state index in [0.29, 0.717) is 5.57 Å². The average molecular weight is 314 g/mol. The number of benzene rings is 2. The molecule has 4 nitrogen and oxygen atoms in total. The Bertz CT molecular complexity index is 1050. The van der Waals surface area contributed by atoms with Crippen molar-refractivity contribution in [3.05, 3.63) is 65.4 Å². The van der Waals surface area contributed by atoms with E-state index >= 15 is 0 Å². The molecule has 0 fully saturated rings. The molecule has 0 aliphatic rings. The van der Waals surface area contributed by atoms with Crippen LogP contribution in [0.3, 0.4) is 0 Å². The van der Waals surface area contributed by atoms with Crippen molar-refractivity contribution in [2.75, 3.05) is 0 Å². The molecule has 0 bridgehead atoms. The lowest BCUT2D eigenvalue weighted by Gasteiger charge is -2.00. The molecule has 0 aliphatic heterocycles. The van der Waals surface area contributed by atoms with Gasteiger partial charge in [-0.15, -0.1) is 11.3 Å². The summed E-state index contributed by atoms with van der Waals surface area (Å²) in [6.07, 6.45) is 5.15. The van der Waals surface area contributed by atoms with Crippen LogP contribution in [-0.2, 0) is 0 Å². The standard InChI is InChI=1S/C18H10N4S/c19-11-13(18-22-14-5-1-2-7-16(14)23-18)10-12-4-3-6-15-17(12)21-9-8-20-15/h1-10H/b13-10+. The van der Waals surface area contributed by atoms with Gasteiger partial charge in [-0.3, -0.25) is 9.97 Å². The number of allylic oxidation sites excluding steroid dienone is 1. The summed E-state index contributed by atoms with van der Waals surface area (Å²) in [4.78, 5) is 13.2. The summed E-state index contributed by atoms with van der Waals surface area (Å²) in [5.74, 6) is 0. The molecule has 108 valence electrons. The molecule has 0 radical (unpaired) electrons. The van der Waals surface area contributed by atoms with Crippen LogP contribution in [0.15, 0.2) is 54.9 Å². The Balaban J connectivity index is 1.88. The maximum absolute atomic E-state index is 9.55. The molecule has 0 aliphatic carbocycles. The molecule has 2 aromatic heterocycles. The lowest BCUT2D eigenvalue weighted by Crippen LogP contribution is -1.87. The zero-order valence-corrected chi connectivity index (χ0v) is 12.8. The summed E-state index contributed by atoms with van der Waals surface area (Å²) < 4.78 is 1.07. The van der Waals surface area contributed by atoms with Gasteiger partial charge in [-0.05, 0) is 24.3 Å². The number of hydrogen-bond acceptors (Lipinski definition) is 5. The molecular weight excluding hydrogens is 304 g/mol. The van der Waals surface area contributed by atoms with Gasteiger partial charge < -0.3 is 0 Å². The molecule has 0 saturated carbocycles. The van der Waals surface area contributed by atoms with Crippen molar-refractivity contribution >= 4 is 44.2 Å². The molecular formula is C18H10N4S. The van der Waals surface area contributed by atoms with Crippen molar-refractivity contribution in [2.24, 2.45) is 0 Å². The molecule has 4 aromatic rings. The molecule has 2 aromatic carbocycles. The minimum atomic E-state index is 0.532. The van der Waals surface area contributed by atoms with E-state index in [2.05, 4.69) is 21.0 Å². The molecule has 4 rings (SSSR count). The number of hydrogen-bond donors (Lipinski definition) is 0. The van der Waals surface area contributed by atoms with E-state index in [1.807, 2.05) is 48.5 Å². The predicted molar refractivity (Wildman–Crippen MR) is 92.6 cm³/mol. The smallest absolute Gasteiger partial charge is 0.135 e. The second-order valence-corrected chi connectivity index (χ2v) is 5.96. The van der Waals surface area contributed by atoms with Crippen LogP contribution in [0.2, 0.25) is 0 Å². The highest BCUT2D eigenvalue weighted by Crippen LogP contribution is 2.28. The average Bonchev–Trinajstić information content (AvgIpc) is 3.03. The highest BCUT2D eigenvalue weighted by molar-refractivity contribution is 7.19. The highest BCUT2D eigenvalue weighted by atomic mass is 32.1. The molecule has 0 unspecified atom stereocenters. The van der Waals surface area contributed by atoms with E-state index in [0.717, 1.165) is 31.8 Å². The van der Waals surface area contributed by atoms with Gasteiger partial charge in [0.05, 0.1) is 26.8 Å². The summed E-state index contributed by atoms with van der Waals surface area (Å²) in [5, 5.41) is 10.3. The fourth-order valence-electron chi connectivity index (χ4n) is 2.42. The van der Waals surface area contributed by atoms with Crippen LogP contribution in [0.5, 0.6) is 0 Å². The fraction of sp³-hybridized carbons (Fsp3) is 0. The first-order valence-corrected chi connectivity index (χ1v) is 7.84. The van der Waals surface area contributed by atoms with Gasteiger partial charge in [0.15, 0.2) is 0 Å². The first-order chi connectivity index (χ1) is 11.3. The van der Waals surface area contributed by atoms with Crippen LogP contribution in [0.4, 0.5) is 0 Å². The Hall–Kier alpha value is -3.10. The van der Waals surface area contributed by atoms with Crippen LogP contribution >= 0.6 is 11.3 Å². The minimum absolute atomic E-state index is 0.532. The van der Waals surface area contributed by atoms with Gasteiger partial charge in [0, 0.05) is 18.0 Å². The van der Waals surface area contributed by atoms with Crippen molar-refractivity contribution in [3.8, 4) is 6.07 Å². The van der Waals surface area contributed by atoms with Gasteiger partial charge >= 0.3 is 0 Å². The van der Waals surface area contributed by atoms with Crippen molar-refractivity contribution in [3.63, 3.8) is 0 Å². The number of thiazole rings is 1. The lowest BCUT2D eigenvalue weighted by molar-refractivity contribution is 1.29. The first-order valence-electron chi connectivity index (χ1n) is 7.02. The van der Waals surface area contributed by atoms with Gasteiger partial charge in [0.1, 0.15) is 11.1 Å². The second kappa shape index (κ2) is 5.59. The van der Waals surface area contributed by atoms with Crippen LogP contribution in [0.1, 0.15) is 10.6 Å². The van der Waals surface area contributed by atoms with Crippen LogP contribution in [-0.4, -0.2) is 15.0 Å². The van der Waals surface area contributed by atoms with Crippen molar-refractivity contribution < 1.29 is 0 Å². The lowest BCUT2D eigenvalue weighted by atomic mass is 10.1. The molecule has 0 spiro atoms. The van der Waals surface area contributed by atoms with Crippen LogP contribution in [0.25, 0.3) is 32.9 Å². The topological polar surface area (TPSA) is 62.5 Å². The molecule has 0 amide bonds. The third-order valence-electron chi connectivity index (χ3n) is 3.47. The van der Waals surface area contributed by atoms with Crippen LogP contribution < -0.4 is 0 Å². The maximum atomic E-state index is 9.55. The number of aromatic nitrogens is 3. The van der Waals surface area contributed by atoms with Gasteiger partial charge in [-0.1, -0.05) is 24.3 Å². The van der Waals surface area contributed by atoms with Gasteiger partial charge in [0.25, 0.3) is 0 Å². The molecule has 0 atom stereocenters. The first kappa shape index (κ1) is 13.6. The third-order valence-corrected chi connectivity index (χ3v) is 4.54. The quantitative estimate of drug-likeness (QED) is 0.517. The number of rotatable bonds is 2. The van der Waals surface area contributed by atoms with E-state index in [-0.39, 0.29) is 0 Å². The minimum Gasteiger partial charge on any atom is -0.253 e. The van der Waals surface area contributed by atoms with E-state index in [9.17, 15) is 5.26 Å². The molecule has 2 heterocycles. The summed E-state index contributed by atoms with van der Waals surface area (Å²) >= 11 is 1.52. The molecule has 0 saturated heterocycles. The normalized spacial score (nSPS) is 11.7. The van der Waals surface area contributed by atoms with Gasteiger partial charge in [0.2, 0.25) is 0 Å². The third kappa shape index (κ3) is 2.45. The largest absolute Gasteiger partial charge is 0.253 e. The van der Waals surface area contributed by atoms with Crippen molar-refractivity contribution in [1.82, 2.24) is 15.0 Å². The predicted octanol–water partition coefficient (Wildman–Crippen LogP) is 4.30. The number of fused-ring (bicyclic) bond motifs is 2. The van der Waals surface area contributed by atoms with E-state index in [1.54, 1.807) is 12.4 Å². The Labute approximate surface area is 136 Å². The van der Waals surface area contributed by atoms with E-state index in [4.69, 9.17) is 0 Å². The van der Waals surface area contributed by atoms with Crippen molar-refractivity contribution in [1.29, 1.82) is 5.26 Å². The Morgan fingerprint density at radius 3 is 2.70 bits per heavy atom. The number of para-hydroxylation sites is 2. The zero-order valence-electron chi connectivity index (χ0n) is 12.0. The SMILES string of the molecule is N#C/C(=C\c1cccc2nccnc12)c1nc2ccccc2s1. The van der Waals surface area contributed by atoms with E-state index < -0.39 is 0 Å². The maximum Gasteiger partial charge on any atom is 0.135 e. The number of nitriles is 1. The fourth-order valence-corrected chi connectivity index (χ4v) is 3.35. The van der Waals surface area contributed by atoms with Crippen LogP contribution in [0, 0.1) is 11.3 Å². The molecule has 5 heteroatoms. The zero-order chi connectivity index (χ0) is 15.6. The summed E-state index contributed by atoms with van der Waals surface area (Å²) in [7, 11) is 0. The molecule has 0 N–H and O–H groups in total. The highest BCUT2D eigenvalue weighted by Gasteiger charge is 2.10. The van der Waals surface area contributed by atoms with Crippen molar-refractivity contribution in [2.45, 2.75) is 0 Å². The second-order valence-electron chi connectivity index (χ2n) is 4.93. The number of nitrogens with zero attached hydrogens (tertiary/aromatic N) is 4. The Kier molecular flexibility index (Phi) is 3.30. The van der Waals surface area contributed by atoms with Gasteiger partial charge in [-0.2, -0.15) is 5.26 Å². The Morgan fingerprint density at radius 2 is 1.83 bits per heavy atom. The summed E-state index contributed by atoms with van der Waals surface area (Å²) in [6.45, 7) is 0. The van der Waals surface area contributed by atoms with E-state index in [1.165, 1.54) is 11.3 Å². The van der Waals surface area contributed by atoms with Gasteiger partial charge in [-0.25, -0.2) is 4.98 Å².